The molecule has 0 unspecified atom stereocenters. The molecule has 2 rings (SSSR count). The fourth-order valence-corrected chi connectivity index (χ4v) is 2.10. The summed E-state index contributed by atoms with van der Waals surface area (Å²) in [6.45, 7) is 2.96. The molecule has 0 bridgehead atoms. The van der Waals surface area contributed by atoms with Gasteiger partial charge in [0.15, 0.2) is 12.7 Å². The van der Waals surface area contributed by atoms with E-state index in [0.29, 0.717) is 21.6 Å². The molecule has 0 radical (unpaired) electrons. The van der Waals surface area contributed by atoms with Crippen molar-refractivity contribution in [2.45, 2.75) is 20.0 Å². The minimum atomic E-state index is -1.01. The molecule has 0 aliphatic rings. The van der Waals surface area contributed by atoms with Crippen LogP contribution in [0, 0.1) is 6.92 Å². The molecule has 1 heterocycles. The largest absolute Gasteiger partial charge is 0.480 e. The number of ether oxygens (including phenoxy) is 2. The van der Waals surface area contributed by atoms with Gasteiger partial charge in [-0.25, -0.2) is 9.78 Å². The summed E-state index contributed by atoms with van der Waals surface area (Å²) in [7, 11) is 0. The van der Waals surface area contributed by atoms with E-state index in [9.17, 15) is 9.59 Å². The summed E-state index contributed by atoms with van der Waals surface area (Å²) >= 11 is 11.7. The third-order valence-electron chi connectivity index (χ3n) is 3.09. The maximum absolute atomic E-state index is 12.0. The van der Waals surface area contributed by atoms with Crippen LogP contribution in [0.5, 0.6) is 5.75 Å². The molecular formula is C17H16Cl2N2O4. The summed E-state index contributed by atoms with van der Waals surface area (Å²) < 4.78 is 10.4. The highest BCUT2D eigenvalue weighted by atomic mass is 35.5. The van der Waals surface area contributed by atoms with Crippen molar-refractivity contribution in [2.24, 2.45) is 0 Å². The number of nitrogens with zero attached hydrogens (tertiary/aromatic N) is 1. The van der Waals surface area contributed by atoms with Crippen molar-refractivity contribution in [3.63, 3.8) is 0 Å². The van der Waals surface area contributed by atoms with Crippen molar-refractivity contribution in [1.82, 2.24) is 4.98 Å². The summed E-state index contributed by atoms with van der Waals surface area (Å²) in [5.74, 6) is -0.526. The highest BCUT2D eigenvalue weighted by Gasteiger charge is 2.19. The van der Waals surface area contributed by atoms with E-state index in [1.807, 2.05) is 13.0 Å². The first kappa shape index (κ1) is 19.0. The lowest BCUT2D eigenvalue weighted by molar-refractivity contribution is -0.155. The lowest BCUT2D eigenvalue weighted by atomic mass is 10.2. The molecular weight excluding hydrogens is 367 g/mol. The molecule has 6 nitrogen and oxygen atoms in total. The molecule has 0 saturated carbocycles. The molecule has 0 spiro atoms. The minimum absolute atomic E-state index is 0.306. The third kappa shape index (κ3) is 5.92. The van der Waals surface area contributed by atoms with Gasteiger partial charge in [0, 0.05) is 6.20 Å². The number of halogens is 2. The fraction of sp³-hybridized carbons (Fsp3) is 0.235. The van der Waals surface area contributed by atoms with Crippen LogP contribution in [0.2, 0.25) is 10.0 Å². The monoisotopic (exact) mass is 382 g/mol. The highest BCUT2D eigenvalue weighted by molar-refractivity contribution is 6.32. The molecule has 132 valence electrons. The number of carbonyl (C=O) groups is 2. The quantitative estimate of drug-likeness (QED) is 0.771. The zero-order chi connectivity index (χ0) is 18.4. The second-order valence-electron chi connectivity index (χ2n) is 5.21. The van der Waals surface area contributed by atoms with Crippen molar-refractivity contribution in [3.05, 3.63) is 52.1 Å². The van der Waals surface area contributed by atoms with Crippen LogP contribution < -0.4 is 10.1 Å². The van der Waals surface area contributed by atoms with Crippen LogP contribution in [0.4, 0.5) is 5.82 Å². The van der Waals surface area contributed by atoms with Crippen LogP contribution >= 0.6 is 23.2 Å². The topological polar surface area (TPSA) is 77.5 Å². The predicted octanol–water partition coefficient (Wildman–Crippen LogP) is 3.65. The Morgan fingerprint density at radius 1 is 1.24 bits per heavy atom. The first-order valence-corrected chi connectivity index (χ1v) is 8.11. The van der Waals surface area contributed by atoms with Gasteiger partial charge in [0.05, 0.1) is 10.0 Å². The van der Waals surface area contributed by atoms with Gasteiger partial charge in [0.1, 0.15) is 11.6 Å². The van der Waals surface area contributed by atoms with Crippen LogP contribution in [0.3, 0.4) is 0 Å². The molecule has 0 fully saturated rings. The average molecular weight is 383 g/mol. The zero-order valence-electron chi connectivity index (χ0n) is 13.6. The van der Waals surface area contributed by atoms with Gasteiger partial charge in [-0.15, -0.1) is 0 Å². The van der Waals surface area contributed by atoms with E-state index >= 15 is 0 Å². The SMILES string of the molecule is Cc1ccc(Cl)c(OCC(=O)O[C@@H](C)C(=O)Nc2ccc(Cl)cn2)c1. The van der Waals surface area contributed by atoms with Crippen LogP contribution in [0.25, 0.3) is 0 Å². The zero-order valence-corrected chi connectivity index (χ0v) is 15.1. The number of rotatable bonds is 6. The first-order valence-electron chi connectivity index (χ1n) is 7.36. The van der Waals surface area contributed by atoms with Crippen LogP contribution in [-0.4, -0.2) is 29.6 Å². The molecule has 1 aromatic heterocycles. The minimum Gasteiger partial charge on any atom is -0.480 e. The molecule has 1 amide bonds. The molecule has 1 aromatic carbocycles. The molecule has 2 aromatic rings. The molecule has 1 atom stereocenters. The Bertz CT molecular complexity index is 766. The normalized spacial score (nSPS) is 11.5. The Morgan fingerprint density at radius 2 is 2.00 bits per heavy atom. The summed E-state index contributed by atoms with van der Waals surface area (Å²) in [4.78, 5) is 27.7. The molecule has 0 aliphatic heterocycles. The lowest BCUT2D eigenvalue weighted by Crippen LogP contribution is -2.31. The van der Waals surface area contributed by atoms with E-state index in [2.05, 4.69) is 10.3 Å². The van der Waals surface area contributed by atoms with Crippen molar-refractivity contribution in [2.75, 3.05) is 11.9 Å². The Morgan fingerprint density at radius 3 is 2.68 bits per heavy atom. The summed E-state index contributed by atoms with van der Waals surface area (Å²) in [6, 6.07) is 8.33. The third-order valence-corrected chi connectivity index (χ3v) is 3.62. The average Bonchev–Trinajstić information content (AvgIpc) is 2.57. The van der Waals surface area contributed by atoms with Gasteiger partial charge in [0.25, 0.3) is 5.91 Å². The Labute approximate surface area is 155 Å². The summed E-state index contributed by atoms with van der Waals surface area (Å²) in [5, 5.41) is 3.35. The number of nitrogens with one attached hydrogen (secondary N) is 1. The van der Waals surface area contributed by atoms with Gasteiger partial charge in [0.2, 0.25) is 0 Å². The van der Waals surface area contributed by atoms with Crippen LogP contribution in [-0.2, 0) is 14.3 Å². The number of hydrogen-bond donors (Lipinski definition) is 1. The second-order valence-corrected chi connectivity index (χ2v) is 6.05. The Balaban J connectivity index is 1.83. The summed E-state index contributed by atoms with van der Waals surface area (Å²) in [5.41, 5.74) is 0.941. The number of carbonyl (C=O) groups excluding carboxylic acids is 2. The van der Waals surface area contributed by atoms with Crippen molar-refractivity contribution in [3.8, 4) is 5.75 Å². The van der Waals surface area contributed by atoms with Crippen LogP contribution in [0.15, 0.2) is 36.5 Å². The number of amides is 1. The van der Waals surface area contributed by atoms with E-state index in [-0.39, 0.29) is 6.61 Å². The Kier molecular flexibility index (Phi) is 6.61. The van der Waals surface area contributed by atoms with Crippen molar-refractivity contribution in [1.29, 1.82) is 0 Å². The van der Waals surface area contributed by atoms with Gasteiger partial charge >= 0.3 is 5.97 Å². The van der Waals surface area contributed by atoms with Gasteiger partial charge in [-0.1, -0.05) is 29.3 Å². The first-order chi connectivity index (χ1) is 11.8. The molecule has 25 heavy (non-hydrogen) atoms. The van der Waals surface area contributed by atoms with E-state index in [0.717, 1.165) is 5.56 Å². The van der Waals surface area contributed by atoms with E-state index < -0.39 is 18.0 Å². The lowest BCUT2D eigenvalue weighted by Gasteiger charge is -2.14. The number of benzene rings is 1. The van der Waals surface area contributed by atoms with E-state index in [4.69, 9.17) is 32.7 Å². The number of esters is 1. The molecule has 8 heteroatoms. The smallest absolute Gasteiger partial charge is 0.344 e. The second kappa shape index (κ2) is 8.69. The fourth-order valence-electron chi connectivity index (χ4n) is 1.82. The van der Waals surface area contributed by atoms with Crippen molar-refractivity contribution >= 4 is 40.9 Å². The van der Waals surface area contributed by atoms with E-state index in [1.54, 1.807) is 18.2 Å². The number of pyridine rings is 1. The number of anilines is 1. The van der Waals surface area contributed by atoms with E-state index in [1.165, 1.54) is 19.2 Å². The predicted molar refractivity (Wildman–Crippen MR) is 95.1 cm³/mol. The van der Waals surface area contributed by atoms with Gasteiger partial charge < -0.3 is 14.8 Å². The number of aryl methyl sites for hydroxylation is 1. The maximum atomic E-state index is 12.0. The number of aromatic nitrogens is 1. The standard InChI is InChI=1S/C17H16Cl2N2O4/c1-10-3-5-13(19)14(7-10)24-9-16(22)25-11(2)17(23)21-15-6-4-12(18)8-20-15/h3-8,11H,9H2,1-2H3,(H,20,21,23)/t11-/m0/s1. The van der Waals surface area contributed by atoms with Crippen molar-refractivity contribution < 1.29 is 19.1 Å². The maximum Gasteiger partial charge on any atom is 0.344 e. The molecule has 1 N–H and O–H groups in total. The van der Waals surface area contributed by atoms with Gasteiger partial charge in [-0.2, -0.15) is 0 Å². The van der Waals surface area contributed by atoms with Gasteiger partial charge in [-0.3, -0.25) is 4.79 Å². The van der Waals surface area contributed by atoms with Crippen LogP contribution in [0.1, 0.15) is 12.5 Å². The van der Waals surface area contributed by atoms with Gasteiger partial charge in [-0.05, 0) is 43.7 Å². The molecule has 0 aliphatic carbocycles. The number of hydrogen-bond acceptors (Lipinski definition) is 5. The summed E-state index contributed by atoms with van der Waals surface area (Å²) in [6.07, 6.45) is 0.384. The Hall–Kier alpha value is -2.31. The molecule has 0 saturated heterocycles. The highest BCUT2D eigenvalue weighted by Crippen LogP contribution is 2.25.